The van der Waals surface area contributed by atoms with Crippen LogP contribution in [-0.4, -0.2) is 74.9 Å². The van der Waals surface area contributed by atoms with E-state index < -0.39 is 5.82 Å². The van der Waals surface area contributed by atoms with Crippen LogP contribution in [0.4, 0.5) is 10.2 Å². The van der Waals surface area contributed by atoms with Crippen molar-refractivity contribution in [3.05, 3.63) is 76.4 Å². The van der Waals surface area contributed by atoms with Gasteiger partial charge in [0.05, 0.1) is 22.8 Å². The fraction of sp³-hybridized carbons (Fsp3) is 0.400. The minimum atomic E-state index is -0.483. The van der Waals surface area contributed by atoms with E-state index in [0.717, 1.165) is 69.4 Å². The first-order chi connectivity index (χ1) is 19.9. The summed E-state index contributed by atoms with van der Waals surface area (Å²) in [6, 6.07) is 10.3. The zero-order chi connectivity index (χ0) is 28.1. The Labute approximate surface area is 236 Å². The highest BCUT2D eigenvalue weighted by Gasteiger charge is 2.44. The molecule has 3 aliphatic rings. The van der Waals surface area contributed by atoms with Gasteiger partial charge < -0.3 is 24.5 Å². The fourth-order valence-corrected chi connectivity index (χ4v) is 6.36. The van der Waals surface area contributed by atoms with Gasteiger partial charge in [-0.2, -0.15) is 0 Å². The molecule has 4 heterocycles. The number of anilines is 1. The molecule has 1 saturated carbocycles. The van der Waals surface area contributed by atoms with Crippen molar-refractivity contribution in [2.45, 2.75) is 38.3 Å². The number of rotatable bonds is 7. The second kappa shape index (κ2) is 9.99. The predicted molar refractivity (Wildman–Crippen MR) is 152 cm³/mol. The SMILES string of the molecule is CN(C(=O)c1cc(F)ccc1Oc1cncnc1N1CCC2(CCN(Cc3ccc4[nH]c(=O)[nH]c4c3)C2)C1)C1CC1. The summed E-state index contributed by atoms with van der Waals surface area (Å²) >= 11 is 0. The van der Waals surface area contributed by atoms with Crippen molar-refractivity contribution >= 4 is 22.8 Å². The Kier molecular flexibility index (Phi) is 6.26. The number of benzene rings is 2. The van der Waals surface area contributed by atoms with Crippen molar-refractivity contribution in [2.75, 3.05) is 38.1 Å². The van der Waals surface area contributed by atoms with E-state index in [1.807, 2.05) is 12.1 Å². The number of nitrogens with zero attached hydrogens (tertiary/aromatic N) is 5. The number of hydrogen-bond donors (Lipinski definition) is 2. The molecule has 2 N–H and O–H groups in total. The van der Waals surface area contributed by atoms with E-state index in [4.69, 9.17) is 4.74 Å². The molecular formula is C30H32FN7O3. The van der Waals surface area contributed by atoms with E-state index in [0.29, 0.717) is 17.3 Å². The van der Waals surface area contributed by atoms with Crippen molar-refractivity contribution < 1.29 is 13.9 Å². The molecule has 1 unspecified atom stereocenters. The largest absolute Gasteiger partial charge is 0.451 e. The summed E-state index contributed by atoms with van der Waals surface area (Å²) in [5.74, 6) is 0.677. The second-order valence-electron chi connectivity index (χ2n) is 11.7. The maximum absolute atomic E-state index is 14.2. The quantitative estimate of drug-likeness (QED) is 0.355. The van der Waals surface area contributed by atoms with Crippen LogP contribution in [0.15, 0.2) is 53.7 Å². The molecule has 1 amide bonds. The molecule has 7 rings (SSSR count). The molecule has 0 bridgehead atoms. The Bertz CT molecular complexity index is 1680. The Morgan fingerprint density at radius 1 is 1.10 bits per heavy atom. The van der Waals surface area contributed by atoms with Crippen LogP contribution in [0.5, 0.6) is 11.5 Å². The normalized spacial score (nSPS) is 20.8. The molecule has 2 aromatic carbocycles. The molecular weight excluding hydrogens is 525 g/mol. The molecule has 1 aliphatic carbocycles. The van der Waals surface area contributed by atoms with Crippen LogP contribution in [0.3, 0.4) is 0 Å². The van der Waals surface area contributed by atoms with Gasteiger partial charge in [-0.15, -0.1) is 0 Å². The van der Waals surface area contributed by atoms with Crippen molar-refractivity contribution in [3.8, 4) is 11.5 Å². The molecule has 11 heteroatoms. The number of nitrogens with one attached hydrogen (secondary N) is 2. The maximum Gasteiger partial charge on any atom is 0.323 e. The van der Waals surface area contributed by atoms with Crippen LogP contribution in [-0.2, 0) is 6.54 Å². The van der Waals surface area contributed by atoms with E-state index in [2.05, 4.69) is 35.8 Å². The van der Waals surface area contributed by atoms with E-state index in [1.165, 1.54) is 30.1 Å². The number of aromatic nitrogens is 4. The lowest BCUT2D eigenvalue weighted by molar-refractivity contribution is 0.0782. The topological polar surface area (TPSA) is 110 Å². The number of halogens is 1. The molecule has 212 valence electrons. The number of fused-ring (bicyclic) bond motifs is 1. The van der Waals surface area contributed by atoms with Gasteiger partial charge in [0.25, 0.3) is 5.91 Å². The summed E-state index contributed by atoms with van der Waals surface area (Å²) < 4.78 is 20.4. The van der Waals surface area contributed by atoms with Gasteiger partial charge in [-0.3, -0.25) is 9.69 Å². The second-order valence-corrected chi connectivity index (χ2v) is 11.7. The summed E-state index contributed by atoms with van der Waals surface area (Å²) in [5, 5.41) is 0. The van der Waals surface area contributed by atoms with Crippen LogP contribution < -0.4 is 15.3 Å². The number of carbonyl (C=O) groups is 1. The van der Waals surface area contributed by atoms with Gasteiger partial charge in [0.2, 0.25) is 0 Å². The molecule has 4 aromatic rings. The molecule has 41 heavy (non-hydrogen) atoms. The van der Waals surface area contributed by atoms with Gasteiger partial charge in [-0.1, -0.05) is 6.07 Å². The minimum Gasteiger partial charge on any atom is -0.451 e. The summed E-state index contributed by atoms with van der Waals surface area (Å²) in [6.45, 7) is 4.45. The number of H-pyrrole nitrogens is 2. The van der Waals surface area contributed by atoms with Crippen LogP contribution in [0.25, 0.3) is 11.0 Å². The minimum absolute atomic E-state index is 0.138. The van der Waals surface area contributed by atoms with Crippen molar-refractivity contribution in [1.82, 2.24) is 29.7 Å². The van der Waals surface area contributed by atoms with Crippen molar-refractivity contribution in [3.63, 3.8) is 0 Å². The van der Waals surface area contributed by atoms with Gasteiger partial charge in [0.1, 0.15) is 17.9 Å². The van der Waals surface area contributed by atoms with Gasteiger partial charge in [0.15, 0.2) is 11.6 Å². The summed E-state index contributed by atoms with van der Waals surface area (Å²) in [4.78, 5) is 45.5. The average Bonchev–Trinajstić information content (AvgIpc) is 3.47. The average molecular weight is 558 g/mol. The number of aromatic amines is 2. The molecule has 2 saturated heterocycles. The third kappa shape index (κ3) is 5.06. The monoisotopic (exact) mass is 557 g/mol. The highest BCUT2D eigenvalue weighted by molar-refractivity contribution is 5.97. The van der Waals surface area contributed by atoms with Crippen LogP contribution in [0.2, 0.25) is 0 Å². The third-order valence-electron chi connectivity index (χ3n) is 8.71. The molecule has 2 aromatic heterocycles. The fourth-order valence-electron chi connectivity index (χ4n) is 6.36. The Morgan fingerprint density at radius 3 is 2.78 bits per heavy atom. The van der Waals surface area contributed by atoms with Crippen LogP contribution >= 0.6 is 0 Å². The first kappa shape index (κ1) is 25.7. The number of amides is 1. The molecule has 1 spiro atoms. The van der Waals surface area contributed by atoms with Crippen LogP contribution in [0, 0.1) is 11.2 Å². The number of ether oxygens (including phenoxy) is 1. The first-order valence-electron chi connectivity index (χ1n) is 14.1. The van der Waals surface area contributed by atoms with E-state index >= 15 is 0 Å². The highest BCUT2D eigenvalue weighted by atomic mass is 19.1. The lowest BCUT2D eigenvalue weighted by atomic mass is 9.86. The third-order valence-corrected chi connectivity index (χ3v) is 8.71. The zero-order valence-electron chi connectivity index (χ0n) is 22.9. The highest BCUT2D eigenvalue weighted by Crippen LogP contribution is 2.43. The van der Waals surface area contributed by atoms with E-state index in [-0.39, 0.29) is 28.6 Å². The summed E-state index contributed by atoms with van der Waals surface area (Å²) in [5.41, 5.74) is 2.96. The Hall–Kier alpha value is -4.25. The van der Waals surface area contributed by atoms with Crippen molar-refractivity contribution in [2.24, 2.45) is 5.41 Å². The van der Waals surface area contributed by atoms with E-state index in [9.17, 15) is 14.0 Å². The number of hydrogen-bond acceptors (Lipinski definition) is 7. The predicted octanol–water partition coefficient (Wildman–Crippen LogP) is 3.91. The van der Waals surface area contributed by atoms with Gasteiger partial charge in [-0.05, 0) is 68.1 Å². The Balaban J connectivity index is 1.06. The zero-order valence-corrected chi connectivity index (χ0v) is 22.9. The summed E-state index contributed by atoms with van der Waals surface area (Å²) in [7, 11) is 1.75. The maximum atomic E-state index is 14.2. The molecule has 3 fully saturated rings. The molecule has 2 aliphatic heterocycles. The smallest absolute Gasteiger partial charge is 0.323 e. The Morgan fingerprint density at radius 2 is 1.93 bits per heavy atom. The van der Waals surface area contributed by atoms with E-state index in [1.54, 1.807) is 18.1 Å². The molecule has 0 radical (unpaired) electrons. The summed E-state index contributed by atoms with van der Waals surface area (Å²) in [6.07, 6.45) is 7.15. The molecule has 1 atom stereocenters. The lowest BCUT2D eigenvalue weighted by Crippen LogP contribution is -2.31. The molecule has 10 nitrogen and oxygen atoms in total. The van der Waals surface area contributed by atoms with Crippen LogP contribution in [0.1, 0.15) is 41.6 Å². The standard InChI is InChI=1S/C30H32FN7O3/c1-36(21-4-5-21)28(39)22-13-20(31)3-7-25(22)41-26-14-32-18-33-27(26)38-11-9-30(17-38)8-10-37(16-30)15-19-2-6-23-24(12-19)35-29(40)34-23/h2-3,6-7,12-14,18,21H,4-5,8-11,15-17H2,1H3,(H2,34,35,40). The first-order valence-corrected chi connectivity index (χ1v) is 14.1. The number of imidazole rings is 1. The van der Waals surface area contributed by atoms with Gasteiger partial charge >= 0.3 is 5.69 Å². The number of likely N-dealkylation sites (tertiary alicyclic amines) is 1. The lowest BCUT2D eigenvalue weighted by Gasteiger charge is -2.26. The van der Waals surface area contributed by atoms with Gasteiger partial charge in [-0.25, -0.2) is 19.2 Å². The van der Waals surface area contributed by atoms with Crippen molar-refractivity contribution in [1.29, 1.82) is 0 Å². The number of carbonyl (C=O) groups excluding carboxylic acids is 1. The van der Waals surface area contributed by atoms with Gasteiger partial charge in [0, 0.05) is 44.7 Å².